The first-order valence-corrected chi connectivity index (χ1v) is 6.20. The van der Waals surface area contributed by atoms with Gasteiger partial charge in [0.05, 0.1) is 0 Å². The Bertz CT molecular complexity index is 108. The molecule has 2 unspecified atom stereocenters. The van der Waals surface area contributed by atoms with E-state index in [-0.39, 0.29) is 0 Å². The van der Waals surface area contributed by atoms with Crippen LogP contribution < -0.4 is 0 Å². The van der Waals surface area contributed by atoms with E-state index in [0.717, 1.165) is 11.8 Å². The molecule has 0 nitrogen and oxygen atoms in total. The van der Waals surface area contributed by atoms with Gasteiger partial charge in [-0.3, -0.25) is 0 Å². The normalized spacial score (nSPS) is 39.3. The molecular formula is C10H18S. The van der Waals surface area contributed by atoms with Crippen molar-refractivity contribution < 1.29 is 0 Å². The molecule has 1 aliphatic carbocycles. The molecule has 2 aliphatic rings. The number of thioether (sulfide) groups is 1. The highest BCUT2D eigenvalue weighted by Gasteiger charge is 2.25. The third kappa shape index (κ3) is 1.93. The largest absolute Gasteiger partial charge is 0.162 e. The summed E-state index contributed by atoms with van der Waals surface area (Å²) in [5.74, 6) is 5.14. The number of hydrogen-bond donors (Lipinski definition) is 0. The first kappa shape index (κ1) is 7.97. The minimum absolute atomic E-state index is 1.12. The zero-order valence-corrected chi connectivity index (χ0v) is 8.04. The van der Waals surface area contributed by atoms with Crippen LogP contribution in [0, 0.1) is 11.8 Å². The molecule has 0 aromatic rings. The summed E-state index contributed by atoms with van der Waals surface area (Å²) in [6.07, 6.45) is 9.18. The van der Waals surface area contributed by atoms with Crippen LogP contribution in [-0.2, 0) is 0 Å². The summed E-state index contributed by atoms with van der Waals surface area (Å²) in [4.78, 5) is 0. The maximum atomic E-state index is 2.18. The van der Waals surface area contributed by atoms with Crippen molar-refractivity contribution in [2.75, 3.05) is 11.5 Å². The predicted octanol–water partition coefficient (Wildman–Crippen LogP) is 3.32. The van der Waals surface area contributed by atoms with Gasteiger partial charge in [0.2, 0.25) is 0 Å². The Morgan fingerprint density at radius 2 is 1.27 bits per heavy atom. The molecule has 0 aromatic carbocycles. The Kier molecular flexibility index (Phi) is 2.78. The molecule has 1 heterocycles. The lowest BCUT2D eigenvalue weighted by Crippen LogP contribution is -2.18. The van der Waals surface area contributed by atoms with Gasteiger partial charge in [0.25, 0.3) is 0 Å². The van der Waals surface area contributed by atoms with Crippen molar-refractivity contribution in [2.45, 2.75) is 38.5 Å². The summed E-state index contributed by atoms with van der Waals surface area (Å²) in [6, 6.07) is 0. The molecule has 1 heteroatoms. The van der Waals surface area contributed by atoms with Crippen LogP contribution in [0.3, 0.4) is 0 Å². The highest BCUT2D eigenvalue weighted by molar-refractivity contribution is 7.99. The fraction of sp³-hybridized carbons (Fsp3) is 1.00. The van der Waals surface area contributed by atoms with Crippen LogP contribution in [-0.4, -0.2) is 11.5 Å². The van der Waals surface area contributed by atoms with Crippen LogP contribution in [0.25, 0.3) is 0 Å². The van der Waals surface area contributed by atoms with Gasteiger partial charge in [-0.1, -0.05) is 25.7 Å². The summed E-state index contributed by atoms with van der Waals surface area (Å²) < 4.78 is 0. The molecule has 11 heavy (non-hydrogen) atoms. The van der Waals surface area contributed by atoms with Gasteiger partial charge < -0.3 is 0 Å². The van der Waals surface area contributed by atoms with Crippen molar-refractivity contribution in [1.82, 2.24) is 0 Å². The van der Waals surface area contributed by atoms with E-state index in [1.807, 2.05) is 0 Å². The van der Waals surface area contributed by atoms with Crippen LogP contribution in [0.15, 0.2) is 0 Å². The Morgan fingerprint density at radius 3 is 1.82 bits per heavy atom. The Morgan fingerprint density at radius 1 is 0.727 bits per heavy atom. The van der Waals surface area contributed by atoms with Crippen LogP contribution in [0.1, 0.15) is 38.5 Å². The molecule has 0 spiro atoms. The van der Waals surface area contributed by atoms with Crippen molar-refractivity contribution in [2.24, 2.45) is 11.8 Å². The van der Waals surface area contributed by atoms with Crippen molar-refractivity contribution >= 4 is 11.8 Å². The Balaban J connectivity index is 1.93. The van der Waals surface area contributed by atoms with E-state index >= 15 is 0 Å². The van der Waals surface area contributed by atoms with Gasteiger partial charge in [-0.05, 0) is 36.2 Å². The number of rotatable bonds is 0. The van der Waals surface area contributed by atoms with Crippen molar-refractivity contribution in [3.63, 3.8) is 0 Å². The third-order valence-corrected chi connectivity index (χ3v) is 4.38. The van der Waals surface area contributed by atoms with Crippen LogP contribution >= 0.6 is 11.8 Å². The van der Waals surface area contributed by atoms with E-state index in [1.54, 1.807) is 12.8 Å². The first-order valence-electron chi connectivity index (χ1n) is 5.04. The predicted molar refractivity (Wildman–Crippen MR) is 52.0 cm³/mol. The molecule has 0 radical (unpaired) electrons. The summed E-state index contributed by atoms with van der Waals surface area (Å²) in [5, 5.41) is 0. The average molecular weight is 170 g/mol. The van der Waals surface area contributed by atoms with E-state index in [4.69, 9.17) is 0 Å². The van der Waals surface area contributed by atoms with Gasteiger partial charge in [-0.2, -0.15) is 11.8 Å². The fourth-order valence-corrected chi connectivity index (χ4v) is 3.76. The average Bonchev–Trinajstić information content (AvgIpc) is 2.28. The number of hydrogen-bond acceptors (Lipinski definition) is 1. The lowest BCUT2D eigenvalue weighted by Gasteiger charge is -2.29. The zero-order valence-electron chi connectivity index (χ0n) is 7.22. The van der Waals surface area contributed by atoms with Gasteiger partial charge in [-0.25, -0.2) is 0 Å². The zero-order chi connectivity index (χ0) is 7.52. The van der Waals surface area contributed by atoms with Gasteiger partial charge in [0.1, 0.15) is 0 Å². The first-order chi connectivity index (χ1) is 5.47. The minimum atomic E-state index is 1.12. The molecule has 1 saturated heterocycles. The fourth-order valence-electron chi connectivity index (χ4n) is 2.62. The van der Waals surface area contributed by atoms with Gasteiger partial charge >= 0.3 is 0 Å². The molecule has 0 bridgehead atoms. The maximum Gasteiger partial charge on any atom is -0.00648 e. The van der Waals surface area contributed by atoms with E-state index in [0.29, 0.717) is 0 Å². The van der Waals surface area contributed by atoms with Crippen LogP contribution in [0.5, 0.6) is 0 Å². The molecule has 2 atom stereocenters. The Labute approximate surface area is 74.1 Å². The van der Waals surface area contributed by atoms with Crippen molar-refractivity contribution in [3.05, 3.63) is 0 Å². The third-order valence-electron chi connectivity index (χ3n) is 3.33. The van der Waals surface area contributed by atoms with Crippen molar-refractivity contribution in [3.8, 4) is 0 Å². The van der Waals surface area contributed by atoms with Crippen molar-refractivity contribution in [1.29, 1.82) is 0 Å². The Hall–Kier alpha value is 0.350. The molecule has 1 saturated carbocycles. The standard InChI is InChI=1S/C10H18S/c1-2-4-10-6-8-11-7-5-9(10)3-1/h9-10H,1-8H2. The second kappa shape index (κ2) is 3.84. The smallest absolute Gasteiger partial charge is 0.00648 e. The molecular weight excluding hydrogens is 152 g/mol. The van der Waals surface area contributed by atoms with Gasteiger partial charge in [-0.15, -0.1) is 0 Å². The highest BCUT2D eigenvalue weighted by atomic mass is 32.2. The summed E-state index contributed by atoms with van der Waals surface area (Å²) in [6.45, 7) is 0. The SMILES string of the molecule is C1CCC2CCSCCC2C1. The van der Waals surface area contributed by atoms with E-state index < -0.39 is 0 Å². The lowest BCUT2D eigenvalue weighted by atomic mass is 9.77. The maximum absolute atomic E-state index is 2.18. The number of fused-ring (bicyclic) bond motifs is 1. The molecule has 0 aromatic heterocycles. The molecule has 2 fully saturated rings. The van der Waals surface area contributed by atoms with E-state index in [9.17, 15) is 0 Å². The monoisotopic (exact) mass is 170 g/mol. The van der Waals surface area contributed by atoms with Gasteiger partial charge in [0.15, 0.2) is 0 Å². The molecule has 0 N–H and O–H groups in total. The molecule has 64 valence electrons. The second-order valence-electron chi connectivity index (χ2n) is 3.99. The summed E-state index contributed by atoms with van der Waals surface area (Å²) in [7, 11) is 0. The molecule has 2 rings (SSSR count). The lowest BCUT2D eigenvalue weighted by molar-refractivity contribution is 0.230. The molecule has 0 amide bonds. The van der Waals surface area contributed by atoms with E-state index in [1.165, 1.54) is 37.2 Å². The van der Waals surface area contributed by atoms with Gasteiger partial charge in [0, 0.05) is 0 Å². The quantitative estimate of drug-likeness (QED) is 0.537. The minimum Gasteiger partial charge on any atom is -0.162 e. The van der Waals surface area contributed by atoms with Crippen LogP contribution in [0.2, 0.25) is 0 Å². The topological polar surface area (TPSA) is 0 Å². The van der Waals surface area contributed by atoms with Crippen LogP contribution in [0.4, 0.5) is 0 Å². The second-order valence-corrected chi connectivity index (χ2v) is 5.22. The van der Waals surface area contributed by atoms with E-state index in [2.05, 4.69) is 11.8 Å². The summed E-state index contributed by atoms with van der Waals surface area (Å²) >= 11 is 2.18. The summed E-state index contributed by atoms with van der Waals surface area (Å²) in [5.41, 5.74) is 0. The highest BCUT2D eigenvalue weighted by Crippen LogP contribution is 2.38. The molecule has 1 aliphatic heterocycles.